The molecule has 0 radical (unpaired) electrons. The van der Waals surface area contributed by atoms with Crippen molar-refractivity contribution < 1.29 is 14.3 Å². The van der Waals surface area contributed by atoms with Gasteiger partial charge in [0.15, 0.2) is 0 Å². The second-order valence-electron chi connectivity index (χ2n) is 8.46. The molecule has 4 aromatic rings. The van der Waals surface area contributed by atoms with E-state index in [0.29, 0.717) is 30.4 Å². The van der Waals surface area contributed by atoms with Crippen molar-refractivity contribution in [2.24, 2.45) is 0 Å². The van der Waals surface area contributed by atoms with Gasteiger partial charge < -0.3 is 19.7 Å². The van der Waals surface area contributed by atoms with Crippen LogP contribution in [0.4, 0.5) is 0 Å². The summed E-state index contributed by atoms with van der Waals surface area (Å²) in [5.74, 6) is 1.64. The lowest BCUT2D eigenvalue weighted by Crippen LogP contribution is -2.46. The Morgan fingerprint density at radius 3 is 2.28 bits per heavy atom. The molecule has 190 valence electrons. The first-order valence-corrected chi connectivity index (χ1v) is 11.5. The summed E-state index contributed by atoms with van der Waals surface area (Å²) in [7, 11) is 1.59. The smallest absolute Gasteiger partial charge is 0.260 e. The maximum absolute atomic E-state index is 13.9. The van der Waals surface area contributed by atoms with Crippen molar-refractivity contribution in [3.63, 3.8) is 0 Å². The number of hydrogen-bond acceptors (Lipinski definition) is 5. The molecule has 1 N–H and O–H groups in total. The number of halogens is 2. The molecule has 36 heavy (non-hydrogen) atoms. The summed E-state index contributed by atoms with van der Waals surface area (Å²) in [6.07, 6.45) is 1.71. The summed E-state index contributed by atoms with van der Waals surface area (Å²) >= 11 is 0. The molecule has 2 aromatic heterocycles. The Morgan fingerprint density at radius 2 is 1.64 bits per heavy atom. The summed E-state index contributed by atoms with van der Waals surface area (Å²) in [5.41, 5.74) is 4.21. The number of aryl methyl sites for hydroxylation is 2. The van der Waals surface area contributed by atoms with Crippen LogP contribution in [0.25, 0.3) is 16.6 Å². The number of hydrogen-bond donors (Lipinski definition) is 1. The minimum Gasteiger partial charge on any atom is -0.481 e. The Kier molecular flexibility index (Phi) is 8.84. The largest absolute Gasteiger partial charge is 0.481 e. The van der Waals surface area contributed by atoms with Gasteiger partial charge in [-0.05, 0) is 37.1 Å². The number of rotatable bonds is 5. The fourth-order valence-corrected chi connectivity index (χ4v) is 4.47. The van der Waals surface area contributed by atoms with Crippen LogP contribution in [-0.4, -0.2) is 53.6 Å². The molecule has 3 heterocycles. The van der Waals surface area contributed by atoms with Crippen molar-refractivity contribution in [1.29, 1.82) is 0 Å². The topological polar surface area (TPSA) is 68.6 Å². The second kappa shape index (κ2) is 11.6. The van der Waals surface area contributed by atoms with E-state index in [1.54, 1.807) is 13.3 Å². The van der Waals surface area contributed by atoms with Gasteiger partial charge in [0.05, 0.1) is 12.6 Å². The van der Waals surface area contributed by atoms with E-state index < -0.39 is 0 Å². The normalized spacial score (nSPS) is 13.0. The Bertz CT molecular complexity index is 1330. The summed E-state index contributed by atoms with van der Waals surface area (Å²) < 4.78 is 14.1. The van der Waals surface area contributed by atoms with Crippen molar-refractivity contribution in [2.75, 3.05) is 33.3 Å². The first-order valence-electron chi connectivity index (χ1n) is 11.5. The molecule has 1 saturated heterocycles. The number of amides is 1. The summed E-state index contributed by atoms with van der Waals surface area (Å²) in [5, 5.41) is 4.05. The van der Waals surface area contributed by atoms with Gasteiger partial charge in [-0.3, -0.25) is 9.36 Å². The second-order valence-corrected chi connectivity index (χ2v) is 8.46. The minimum atomic E-state index is -0.0608. The average molecular weight is 529 g/mol. The summed E-state index contributed by atoms with van der Waals surface area (Å²) in [4.78, 5) is 20.2. The lowest BCUT2D eigenvalue weighted by Gasteiger charge is -2.27. The van der Waals surface area contributed by atoms with Crippen LogP contribution in [0.1, 0.15) is 21.5 Å². The highest BCUT2D eigenvalue weighted by molar-refractivity contribution is 6.10. The molecule has 7 nitrogen and oxygen atoms in total. The predicted octanol–water partition coefficient (Wildman–Crippen LogP) is 5.33. The van der Waals surface area contributed by atoms with Gasteiger partial charge in [0.1, 0.15) is 11.3 Å². The summed E-state index contributed by atoms with van der Waals surface area (Å²) in [6.45, 7) is 6.84. The molecule has 0 unspecified atom stereocenters. The van der Waals surface area contributed by atoms with Gasteiger partial charge in [0.25, 0.3) is 5.91 Å². The number of pyridine rings is 1. The number of aromatic nitrogens is 2. The van der Waals surface area contributed by atoms with Crippen LogP contribution < -0.4 is 14.8 Å². The highest BCUT2D eigenvalue weighted by Gasteiger charge is 2.30. The zero-order chi connectivity index (χ0) is 23.7. The number of piperazine rings is 1. The Labute approximate surface area is 223 Å². The van der Waals surface area contributed by atoms with Gasteiger partial charge in [-0.1, -0.05) is 36.4 Å². The number of nitrogens with one attached hydrogen (secondary N) is 1. The predicted molar refractivity (Wildman–Crippen MR) is 147 cm³/mol. The Balaban J connectivity index is 0.00000180. The molecule has 5 rings (SSSR count). The zero-order valence-corrected chi connectivity index (χ0v) is 22.1. The van der Waals surface area contributed by atoms with Crippen LogP contribution in [0, 0.1) is 13.8 Å². The lowest BCUT2D eigenvalue weighted by molar-refractivity contribution is 0.0735. The molecule has 0 atom stereocenters. The lowest BCUT2D eigenvalue weighted by atomic mass is 10.1. The van der Waals surface area contributed by atoms with E-state index >= 15 is 0 Å². The number of ether oxygens (including phenoxy) is 2. The molecular weight excluding hydrogens is 499 g/mol. The van der Waals surface area contributed by atoms with E-state index in [1.165, 1.54) is 0 Å². The average Bonchev–Trinajstić information content (AvgIpc) is 3.19. The third-order valence-corrected chi connectivity index (χ3v) is 6.23. The molecule has 0 aliphatic carbocycles. The van der Waals surface area contributed by atoms with Gasteiger partial charge in [-0.25, -0.2) is 4.98 Å². The molecule has 1 aliphatic heterocycles. The highest BCUT2D eigenvalue weighted by Crippen LogP contribution is 2.40. The first-order chi connectivity index (χ1) is 16.6. The van der Waals surface area contributed by atoms with Crippen LogP contribution >= 0.6 is 24.8 Å². The van der Waals surface area contributed by atoms with Crippen LogP contribution in [0.2, 0.25) is 0 Å². The third-order valence-electron chi connectivity index (χ3n) is 6.23. The first kappa shape index (κ1) is 27.3. The zero-order valence-electron chi connectivity index (χ0n) is 20.5. The van der Waals surface area contributed by atoms with Gasteiger partial charge in [-0.15, -0.1) is 24.8 Å². The highest BCUT2D eigenvalue weighted by atomic mass is 35.5. The fourth-order valence-electron chi connectivity index (χ4n) is 4.47. The molecular formula is C27H30Cl2N4O3. The fraction of sp³-hybridized carbons (Fsp3) is 0.259. The van der Waals surface area contributed by atoms with Crippen LogP contribution in [0.3, 0.4) is 0 Å². The number of carbonyl (C=O) groups excluding carboxylic acids is 1. The third kappa shape index (κ3) is 5.00. The van der Waals surface area contributed by atoms with Crippen molar-refractivity contribution in [3.8, 4) is 23.2 Å². The van der Waals surface area contributed by atoms with E-state index in [1.807, 2.05) is 77.9 Å². The van der Waals surface area contributed by atoms with Crippen molar-refractivity contribution in [3.05, 3.63) is 77.5 Å². The Hall–Kier alpha value is -3.26. The van der Waals surface area contributed by atoms with Gasteiger partial charge >= 0.3 is 0 Å². The molecule has 1 fully saturated rings. The van der Waals surface area contributed by atoms with Gasteiger partial charge in [0.2, 0.25) is 11.8 Å². The minimum absolute atomic E-state index is 0. The molecule has 0 saturated carbocycles. The van der Waals surface area contributed by atoms with Crippen LogP contribution in [0.15, 0.2) is 60.8 Å². The van der Waals surface area contributed by atoms with E-state index in [9.17, 15) is 4.79 Å². The number of nitrogens with zero attached hydrogens (tertiary/aromatic N) is 3. The number of fused-ring (bicyclic) bond motifs is 1. The van der Waals surface area contributed by atoms with E-state index in [0.717, 1.165) is 46.6 Å². The number of para-hydroxylation sites is 2. The molecule has 0 spiro atoms. The monoisotopic (exact) mass is 528 g/mol. The number of methoxy groups -OCH3 is 1. The van der Waals surface area contributed by atoms with Crippen molar-refractivity contribution >= 4 is 41.6 Å². The molecule has 0 bridgehead atoms. The van der Waals surface area contributed by atoms with Gasteiger partial charge in [0, 0.05) is 49.5 Å². The number of benzene rings is 2. The van der Waals surface area contributed by atoms with Crippen molar-refractivity contribution in [2.45, 2.75) is 13.8 Å². The van der Waals surface area contributed by atoms with E-state index in [-0.39, 0.29) is 30.7 Å². The van der Waals surface area contributed by atoms with E-state index in [2.05, 4.69) is 10.3 Å². The molecule has 1 aliphatic rings. The van der Waals surface area contributed by atoms with Gasteiger partial charge in [-0.2, -0.15) is 0 Å². The Morgan fingerprint density at radius 1 is 0.972 bits per heavy atom. The SMILES string of the molecule is COc1cc2c(cn1)c(C(=O)N1CCNCC1)c(Oc1c(C)cccc1C)n2-c1ccccc1.Cl.Cl. The summed E-state index contributed by atoms with van der Waals surface area (Å²) in [6, 6.07) is 17.8. The number of carbonyl (C=O) groups is 1. The quantitative estimate of drug-likeness (QED) is 0.379. The maximum atomic E-state index is 13.9. The van der Waals surface area contributed by atoms with Crippen LogP contribution in [0.5, 0.6) is 17.5 Å². The standard InChI is InChI=1S/C27H28N4O3.2ClH/c1-18-8-7-9-19(2)25(18)34-27-24(26(32)30-14-12-28-13-15-30)21-17-29-23(33-3)16-22(21)31(27)20-10-5-4-6-11-20;;/h4-11,16-17,28H,12-15H2,1-3H3;2*1H. The maximum Gasteiger partial charge on any atom is 0.260 e. The molecule has 9 heteroatoms. The molecule has 1 amide bonds. The van der Waals surface area contributed by atoms with E-state index in [4.69, 9.17) is 9.47 Å². The van der Waals surface area contributed by atoms with Crippen molar-refractivity contribution in [1.82, 2.24) is 19.8 Å². The molecule has 2 aromatic carbocycles. The van der Waals surface area contributed by atoms with Crippen LogP contribution in [-0.2, 0) is 0 Å².